The zero-order valence-corrected chi connectivity index (χ0v) is 18.3. The molecule has 8 heteroatoms. The van der Waals surface area contributed by atoms with Gasteiger partial charge in [0.2, 0.25) is 11.9 Å². The van der Waals surface area contributed by atoms with Crippen LogP contribution in [0.5, 0.6) is 0 Å². The van der Waals surface area contributed by atoms with Crippen LogP contribution in [-0.2, 0) is 17.6 Å². The molecule has 0 unspecified atom stereocenters. The normalized spacial score (nSPS) is 16.8. The fourth-order valence-electron chi connectivity index (χ4n) is 4.71. The maximum Gasteiger partial charge on any atom is 0.255 e. The van der Waals surface area contributed by atoms with Crippen molar-refractivity contribution in [3.05, 3.63) is 45.2 Å². The van der Waals surface area contributed by atoms with E-state index >= 15 is 0 Å². The van der Waals surface area contributed by atoms with Gasteiger partial charge in [-0.25, -0.2) is 4.98 Å². The number of H-pyrrole nitrogens is 1. The van der Waals surface area contributed by atoms with E-state index in [0.29, 0.717) is 24.1 Å². The third-order valence-corrected chi connectivity index (χ3v) is 7.22. The summed E-state index contributed by atoms with van der Waals surface area (Å²) >= 11 is 1.59. The summed E-state index contributed by atoms with van der Waals surface area (Å²) in [4.78, 5) is 34.1. The molecule has 1 amide bonds. The zero-order chi connectivity index (χ0) is 21.2. The van der Waals surface area contributed by atoms with Gasteiger partial charge < -0.3 is 5.32 Å². The molecule has 3 heterocycles. The van der Waals surface area contributed by atoms with Gasteiger partial charge in [0.05, 0.1) is 10.6 Å². The minimum atomic E-state index is -0.104. The van der Waals surface area contributed by atoms with E-state index in [0.717, 1.165) is 60.4 Å². The maximum absolute atomic E-state index is 12.8. The average Bonchev–Trinajstić information content (AvgIpc) is 3.44. The standard InChI is InChI=1S/C23H27N5O2S/c29-21(13-15-7-2-1-3-8-15)25-20-14-18(19-11-6-12-31-19)27-28(20)23-24-17-10-5-4-9-16(17)22(30)26-23/h6,11-12,14-15H,1-5,7-10,13H2,(H,25,29)(H,24,26,30). The van der Waals surface area contributed by atoms with Gasteiger partial charge in [-0.3, -0.25) is 14.6 Å². The first-order valence-corrected chi connectivity index (χ1v) is 12.1. The minimum absolute atomic E-state index is 0.00825. The Hall–Kier alpha value is -2.74. The van der Waals surface area contributed by atoms with E-state index in [9.17, 15) is 9.59 Å². The van der Waals surface area contributed by atoms with E-state index < -0.39 is 0 Å². The molecule has 0 spiro atoms. The van der Waals surface area contributed by atoms with Crippen molar-refractivity contribution in [2.24, 2.45) is 5.92 Å². The van der Waals surface area contributed by atoms with Gasteiger partial charge in [-0.15, -0.1) is 11.3 Å². The van der Waals surface area contributed by atoms with Crippen LogP contribution in [0.25, 0.3) is 16.5 Å². The van der Waals surface area contributed by atoms with Crippen LogP contribution in [0, 0.1) is 5.92 Å². The van der Waals surface area contributed by atoms with Crippen molar-refractivity contribution in [2.45, 2.75) is 64.2 Å². The molecule has 0 aromatic carbocycles. The first-order chi connectivity index (χ1) is 15.2. The summed E-state index contributed by atoms with van der Waals surface area (Å²) in [6, 6.07) is 5.83. The quantitative estimate of drug-likeness (QED) is 0.616. The van der Waals surface area contributed by atoms with Crippen LogP contribution in [-0.4, -0.2) is 25.7 Å². The molecule has 3 aromatic rings. The molecule has 0 saturated heterocycles. The number of nitrogens with zero attached hydrogens (tertiary/aromatic N) is 3. The van der Waals surface area contributed by atoms with Crippen molar-refractivity contribution in [2.75, 3.05) is 5.32 Å². The van der Waals surface area contributed by atoms with Crippen molar-refractivity contribution < 1.29 is 4.79 Å². The summed E-state index contributed by atoms with van der Waals surface area (Å²) in [5, 5.41) is 9.73. The number of fused-ring (bicyclic) bond motifs is 1. The highest BCUT2D eigenvalue weighted by Crippen LogP contribution is 2.29. The van der Waals surface area contributed by atoms with Crippen molar-refractivity contribution in [3.8, 4) is 16.5 Å². The number of hydrogen-bond acceptors (Lipinski definition) is 5. The molecule has 31 heavy (non-hydrogen) atoms. The Morgan fingerprint density at radius 2 is 2.03 bits per heavy atom. The molecule has 7 nitrogen and oxygen atoms in total. The number of thiophene rings is 1. The van der Waals surface area contributed by atoms with Gasteiger partial charge in [-0.2, -0.15) is 9.78 Å². The van der Waals surface area contributed by atoms with Crippen molar-refractivity contribution in [1.29, 1.82) is 0 Å². The maximum atomic E-state index is 12.8. The number of aromatic amines is 1. The van der Waals surface area contributed by atoms with Gasteiger partial charge in [0.15, 0.2) is 0 Å². The number of anilines is 1. The second kappa shape index (κ2) is 8.78. The summed E-state index contributed by atoms with van der Waals surface area (Å²) in [7, 11) is 0. The Morgan fingerprint density at radius 3 is 2.84 bits per heavy atom. The second-order valence-corrected chi connectivity index (χ2v) is 9.53. The summed E-state index contributed by atoms with van der Waals surface area (Å²) in [6.45, 7) is 0. The highest BCUT2D eigenvalue weighted by Gasteiger charge is 2.22. The third-order valence-electron chi connectivity index (χ3n) is 6.33. The summed E-state index contributed by atoms with van der Waals surface area (Å²) in [5.41, 5.74) is 2.27. The van der Waals surface area contributed by atoms with Gasteiger partial charge in [0.25, 0.3) is 5.56 Å². The molecule has 0 atom stereocenters. The van der Waals surface area contributed by atoms with E-state index in [1.165, 1.54) is 19.3 Å². The topological polar surface area (TPSA) is 92.7 Å². The predicted molar refractivity (Wildman–Crippen MR) is 122 cm³/mol. The number of carbonyl (C=O) groups excluding carboxylic acids is 1. The molecule has 3 aromatic heterocycles. The van der Waals surface area contributed by atoms with E-state index in [1.807, 2.05) is 23.6 Å². The number of amides is 1. The Morgan fingerprint density at radius 1 is 1.19 bits per heavy atom. The summed E-state index contributed by atoms with van der Waals surface area (Å²) in [6.07, 6.45) is 10.1. The van der Waals surface area contributed by atoms with Crippen LogP contribution >= 0.6 is 11.3 Å². The average molecular weight is 438 g/mol. The van der Waals surface area contributed by atoms with Crippen LogP contribution in [0.15, 0.2) is 28.4 Å². The van der Waals surface area contributed by atoms with E-state index in [1.54, 1.807) is 16.0 Å². The van der Waals surface area contributed by atoms with Crippen LogP contribution in [0.4, 0.5) is 5.82 Å². The molecule has 2 aliphatic rings. The fraction of sp³-hybridized carbons (Fsp3) is 0.478. The molecule has 0 bridgehead atoms. The minimum Gasteiger partial charge on any atom is -0.310 e. The van der Waals surface area contributed by atoms with Gasteiger partial charge in [0.1, 0.15) is 11.5 Å². The molecular weight excluding hydrogens is 410 g/mol. The highest BCUT2D eigenvalue weighted by atomic mass is 32.1. The molecule has 2 aliphatic carbocycles. The van der Waals surface area contributed by atoms with Crippen molar-refractivity contribution in [1.82, 2.24) is 19.7 Å². The Labute approximate surface area is 184 Å². The van der Waals surface area contributed by atoms with Crippen LogP contribution < -0.4 is 10.9 Å². The van der Waals surface area contributed by atoms with Crippen LogP contribution in [0.1, 0.15) is 62.6 Å². The lowest BCUT2D eigenvalue weighted by Gasteiger charge is -2.21. The molecule has 1 fully saturated rings. The molecule has 0 aliphatic heterocycles. The first kappa shape index (κ1) is 20.2. The number of rotatable bonds is 5. The van der Waals surface area contributed by atoms with Crippen LogP contribution in [0.3, 0.4) is 0 Å². The van der Waals surface area contributed by atoms with E-state index in [2.05, 4.69) is 10.3 Å². The Kier molecular flexibility index (Phi) is 5.72. The predicted octanol–water partition coefficient (Wildman–Crippen LogP) is 4.47. The Balaban J connectivity index is 1.48. The first-order valence-electron chi connectivity index (χ1n) is 11.2. The molecule has 2 N–H and O–H groups in total. The number of aryl methyl sites for hydroxylation is 1. The zero-order valence-electron chi connectivity index (χ0n) is 17.5. The lowest BCUT2D eigenvalue weighted by atomic mass is 9.87. The third kappa shape index (κ3) is 4.35. The fourth-order valence-corrected chi connectivity index (χ4v) is 5.40. The van der Waals surface area contributed by atoms with Crippen molar-refractivity contribution in [3.63, 3.8) is 0 Å². The lowest BCUT2D eigenvalue weighted by molar-refractivity contribution is -0.117. The molecule has 162 valence electrons. The Bertz CT molecular complexity index is 1130. The van der Waals surface area contributed by atoms with Gasteiger partial charge >= 0.3 is 0 Å². The molecule has 1 saturated carbocycles. The van der Waals surface area contributed by atoms with Gasteiger partial charge in [0, 0.05) is 18.1 Å². The van der Waals surface area contributed by atoms with E-state index in [4.69, 9.17) is 10.1 Å². The second-order valence-electron chi connectivity index (χ2n) is 8.58. The molecular formula is C23H27N5O2S. The monoisotopic (exact) mass is 437 g/mol. The van der Waals surface area contributed by atoms with Gasteiger partial charge in [-0.1, -0.05) is 25.3 Å². The van der Waals surface area contributed by atoms with E-state index in [-0.39, 0.29) is 11.5 Å². The molecule has 0 radical (unpaired) electrons. The number of aromatic nitrogens is 4. The van der Waals surface area contributed by atoms with Gasteiger partial charge in [-0.05, 0) is 55.9 Å². The summed E-state index contributed by atoms with van der Waals surface area (Å²) < 4.78 is 1.57. The largest absolute Gasteiger partial charge is 0.310 e. The number of hydrogen-bond donors (Lipinski definition) is 2. The van der Waals surface area contributed by atoms with Crippen molar-refractivity contribution >= 4 is 23.1 Å². The molecule has 5 rings (SSSR count). The van der Waals surface area contributed by atoms with Crippen LogP contribution in [0.2, 0.25) is 0 Å². The smallest absolute Gasteiger partial charge is 0.255 e. The number of carbonyl (C=O) groups is 1. The highest BCUT2D eigenvalue weighted by molar-refractivity contribution is 7.13. The number of nitrogens with one attached hydrogen (secondary N) is 2. The SMILES string of the molecule is O=C(CC1CCCCC1)Nc1cc(-c2cccs2)nn1-c1nc2c(c(=O)[nH]1)CCCC2. The summed E-state index contributed by atoms with van der Waals surface area (Å²) in [5.74, 6) is 1.35. The lowest BCUT2D eigenvalue weighted by Crippen LogP contribution is -2.25.